The summed E-state index contributed by atoms with van der Waals surface area (Å²) in [5.74, 6) is 0. The van der Waals surface area contributed by atoms with Gasteiger partial charge in [-0.05, 0) is 12.8 Å². The highest BCUT2D eigenvalue weighted by Gasteiger charge is 2.23. The number of hydrogen-bond acceptors (Lipinski definition) is 2. The summed E-state index contributed by atoms with van der Waals surface area (Å²) in [5, 5.41) is 0. The van der Waals surface area contributed by atoms with Gasteiger partial charge in [-0.3, -0.25) is 0 Å². The van der Waals surface area contributed by atoms with Crippen molar-refractivity contribution in [1.29, 1.82) is 0 Å². The fourth-order valence-electron chi connectivity index (χ4n) is 0.961. The Hall–Kier alpha value is 0.210. The molecule has 1 aliphatic heterocycles. The van der Waals surface area contributed by atoms with E-state index >= 15 is 0 Å². The lowest BCUT2D eigenvalue weighted by atomic mass is 10.2. The monoisotopic (exact) mass is 150 g/mol. The average molecular weight is 151 g/mol. The van der Waals surface area contributed by atoms with Crippen LogP contribution in [0.5, 0.6) is 0 Å². The van der Waals surface area contributed by atoms with E-state index in [1.165, 1.54) is 0 Å². The number of hydrogen-bond donors (Lipinski definition) is 0. The van der Waals surface area contributed by atoms with Crippen LogP contribution >= 0.6 is 11.6 Å². The normalized spacial score (nSPS) is 30.7. The van der Waals surface area contributed by atoms with Crippen LogP contribution in [0.4, 0.5) is 0 Å². The minimum absolute atomic E-state index is 0.122. The Balaban J connectivity index is 2.24. The number of rotatable bonds is 2. The van der Waals surface area contributed by atoms with Gasteiger partial charge in [-0.15, -0.1) is 0 Å². The topological polar surface area (TPSA) is 18.5 Å². The minimum atomic E-state index is -0.257. The number of halogens is 1. The van der Waals surface area contributed by atoms with Gasteiger partial charge in [0.15, 0.2) is 5.56 Å². The minimum Gasteiger partial charge on any atom is -0.374 e. The van der Waals surface area contributed by atoms with Crippen molar-refractivity contribution < 1.29 is 9.47 Å². The molecule has 3 heteroatoms. The Morgan fingerprint density at radius 2 is 2.56 bits per heavy atom. The van der Waals surface area contributed by atoms with E-state index in [0.717, 1.165) is 19.4 Å². The number of methoxy groups -OCH3 is 1. The molecule has 0 aliphatic carbocycles. The van der Waals surface area contributed by atoms with E-state index in [4.69, 9.17) is 21.1 Å². The van der Waals surface area contributed by atoms with Crippen LogP contribution in [0, 0.1) is 0 Å². The van der Waals surface area contributed by atoms with Crippen molar-refractivity contribution in [2.24, 2.45) is 0 Å². The van der Waals surface area contributed by atoms with Gasteiger partial charge in [0.2, 0.25) is 0 Å². The van der Waals surface area contributed by atoms with Gasteiger partial charge in [-0.1, -0.05) is 11.6 Å². The van der Waals surface area contributed by atoms with Crippen LogP contribution in [0.1, 0.15) is 12.8 Å². The van der Waals surface area contributed by atoms with E-state index in [0.29, 0.717) is 0 Å². The summed E-state index contributed by atoms with van der Waals surface area (Å²) >= 11 is 5.72. The first-order valence-electron chi connectivity index (χ1n) is 3.13. The van der Waals surface area contributed by atoms with Gasteiger partial charge in [-0.25, -0.2) is 0 Å². The molecule has 1 fully saturated rings. The smallest absolute Gasteiger partial charge is 0.156 e. The predicted molar refractivity (Wildman–Crippen MR) is 35.6 cm³/mol. The third-order valence-electron chi connectivity index (χ3n) is 1.48. The molecule has 0 aromatic heterocycles. The highest BCUT2D eigenvalue weighted by molar-refractivity contribution is 6.20. The first kappa shape index (κ1) is 7.32. The molecule has 2 nitrogen and oxygen atoms in total. The molecule has 0 radical (unpaired) electrons. The molecule has 0 spiro atoms. The second kappa shape index (κ2) is 3.40. The van der Waals surface area contributed by atoms with Crippen molar-refractivity contribution in [3.05, 3.63) is 0 Å². The van der Waals surface area contributed by atoms with Crippen molar-refractivity contribution in [1.82, 2.24) is 0 Å². The maximum absolute atomic E-state index is 5.72. The summed E-state index contributed by atoms with van der Waals surface area (Å²) in [4.78, 5) is 0. The van der Waals surface area contributed by atoms with Crippen molar-refractivity contribution in [2.75, 3.05) is 13.7 Å². The van der Waals surface area contributed by atoms with Crippen molar-refractivity contribution in [3.63, 3.8) is 0 Å². The molecule has 0 amide bonds. The summed E-state index contributed by atoms with van der Waals surface area (Å²) in [6.45, 7) is 0.831. The van der Waals surface area contributed by atoms with Gasteiger partial charge >= 0.3 is 0 Å². The van der Waals surface area contributed by atoms with E-state index in [1.807, 2.05) is 0 Å². The molecule has 54 valence electrons. The molecule has 2 unspecified atom stereocenters. The standard InChI is InChI=1S/C6H11ClO2/c1-8-6(7)5-3-2-4-9-5/h5-6H,2-4H2,1H3. The second-order valence-corrected chi connectivity index (χ2v) is 2.57. The van der Waals surface area contributed by atoms with Crippen LogP contribution in [0.25, 0.3) is 0 Å². The Morgan fingerprint density at radius 3 is 3.00 bits per heavy atom. The van der Waals surface area contributed by atoms with Gasteiger partial charge in [0.1, 0.15) is 0 Å². The van der Waals surface area contributed by atoms with E-state index in [-0.39, 0.29) is 11.7 Å². The van der Waals surface area contributed by atoms with Crippen LogP contribution in [0.15, 0.2) is 0 Å². The molecule has 0 aromatic rings. The van der Waals surface area contributed by atoms with Gasteiger partial charge in [0, 0.05) is 13.7 Å². The molecule has 1 saturated heterocycles. The molecule has 9 heavy (non-hydrogen) atoms. The van der Waals surface area contributed by atoms with E-state index in [2.05, 4.69) is 0 Å². The Bertz CT molecular complexity index is 81.1. The first-order valence-corrected chi connectivity index (χ1v) is 3.56. The molecular formula is C6H11ClO2. The number of ether oxygens (including phenoxy) is 2. The lowest BCUT2D eigenvalue weighted by Crippen LogP contribution is -2.21. The zero-order chi connectivity index (χ0) is 6.69. The number of alkyl halides is 1. The maximum atomic E-state index is 5.72. The summed E-state index contributed by atoms with van der Waals surface area (Å²) in [7, 11) is 1.60. The third-order valence-corrected chi connectivity index (χ3v) is 1.94. The Labute approximate surface area is 60.1 Å². The van der Waals surface area contributed by atoms with Crippen LogP contribution in [-0.2, 0) is 9.47 Å². The van der Waals surface area contributed by atoms with Gasteiger partial charge in [-0.2, -0.15) is 0 Å². The molecule has 0 saturated carbocycles. The third kappa shape index (κ3) is 1.81. The van der Waals surface area contributed by atoms with E-state index < -0.39 is 0 Å². The van der Waals surface area contributed by atoms with Gasteiger partial charge in [0.25, 0.3) is 0 Å². The SMILES string of the molecule is COC(Cl)C1CCCO1. The summed E-state index contributed by atoms with van der Waals surface area (Å²) in [5.41, 5.74) is -0.257. The quantitative estimate of drug-likeness (QED) is 0.554. The summed E-state index contributed by atoms with van der Waals surface area (Å²) < 4.78 is 10.1. The van der Waals surface area contributed by atoms with Crippen LogP contribution in [-0.4, -0.2) is 25.4 Å². The molecule has 0 N–H and O–H groups in total. The lowest BCUT2D eigenvalue weighted by molar-refractivity contribution is 0.0154. The molecule has 2 atom stereocenters. The van der Waals surface area contributed by atoms with Crippen molar-refractivity contribution in [2.45, 2.75) is 24.5 Å². The van der Waals surface area contributed by atoms with Crippen molar-refractivity contribution >= 4 is 11.6 Å². The predicted octanol–water partition coefficient (Wildman–Crippen LogP) is 1.38. The van der Waals surface area contributed by atoms with Crippen LogP contribution < -0.4 is 0 Å². The summed E-state index contributed by atoms with van der Waals surface area (Å²) in [6, 6.07) is 0. The Morgan fingerprint density at radius 1 is 1.78 bits per heavy atom. The molecule has 0 bridgehead atoms. The highest BCUT2D eigenvalue weighted by atomic mass is 35.5. The molecule has 1 rings (SSSR count). The van der Waals surface area contributed by atoms with E-state index in [1.54, 1.807) is 7.11 Å². The summed E-state index contributed by atoms with van der Waals surface area (Å²) in [6.07, 6.45) is 2.26. The molecular weight excluding hydrogens is 140 g/mol. The highest BCUT2D eigenvalue weighted by Crippen LogP contribution is 2.19. The lowest BCUT2D eigenvalue weighted by Gasteiger charge is -2.13. The largest absolute Gasteiger partial charge is 0.374 e. The zero-order valence-electron chi connectivity index (χ0n) is 5.47. The van der Waals surface area contributed by atoms with Gasteiger partial charge in [0.05, 0.1) is 6.10 Å². The Kier molecular flexibility index (Phi) is 2.76. The fourth-order valence-corrected chi connectivity index (χ4v) is 1.16. The fraction of sp³-hybridized carbons (Fsp3) is 1.00. The molecule has 1 heterocycles. The molecule has 1 aliphatic rings. The van der Waals surface area contributed by atoms with Crippen molar-refractivity contribution in [3.8, 4) is 0 Å². The zero-order valence-corrected chi connectivity index (χ0v) is 6.23. The average Bonchev–Trinajstić information content (AvgIpc) is 2.37. The van der Waals surface area contributed by atoms with E-state index in [9.17, 15) is 0 Å². The molecule has 0 aromatic carbocycles. The first-order chi connectivity index (χ1) is 4.34. The second-order valence-electron chi connectivity index (χ2n) is 2.14. The van der Waals surface area contributed by atoms with Crippen LogP contribution in [0.3, 0.4) is 0 Å². The van der Waals surface area contributed by atoms with Gasteiger partial charge < -0.3 is 9.47 Å². The maximum Gasteiger partial charge on any atom is 0.156 e. The van der Waals surface area contributed by atoms with Crippen LogP contribution in [0.2, 0.25) is 0 Å².